The van der Waals surface area contributed by atoms with E-state index in [1.54, 1.807) is 12.1 Å². The van der Waals surface area contributed by atoms with Gasteiger partial charge >= 0.3 is 0 Å². The molecule has 2 aromatic rings. The number of sulfonamides is 1. The van der Waals surface area contributed by atoms with Gasteiger partial charge in [0.2, 0.25) is 0 Å². The molecular weight excluding hydrogens is 336 g/mol. The van der Waals surface area contributed by atoms with Crippen molar-refractivity contribution in [2.75, 3.05) is 17.1 Å². The zero-order chi connectivity index (χ0) is 16.4. The highest BCUT2D eigenvalue weighted by Crippen LogP contribution is 2.29. The number of benzene rings is 2. The van der Waals surface area contributed by atoms with Crippen LogP contribution in [0.15, 0.2) is 47.4 Å². The van der Waals surface area contributed by atoms with E-state index in [-0.39, 0.29) is 9.92 Å². The number of hydrogen-bond acceptors (Lipinski definition) is 4. The van der Waals surface area contributed by atoms with Gasteiger partial charge in [-0.15, -0.1) is 0 Å². The van der Waals surface area contributed by atoms with Gasteiger partial charge in [0.05, 0.1) is 17.0 Å². The lowest BCUT2D eigenvalue weighted by Gasteiger charge is -2.11. The Kier molecular flexibility index (Phi) is 4.37. The minimum absolute atomic E-state index is 0.0866. The largest absolute Gasteiger partial charge is 0.495 e. The summed E-state index contributed by atoms with van der Waals surface area (Å²) in [5, 5.41) is 3.60. The topological polar surface area (TPSA) is 67.4 Å². The fourth-order valence-electron chi connectivity index (χ4n) is 2.13. The standard InChI is InChI=1S/C16H17ClN2O3S/c1-22-16-9-8-14(10-15(16)17)23(20,21)19-13-6-4-12(5-7-13)18-11-2-3-11/h4-11,18-19H,2-3H2,1H3. The van der Waals surface area contributed by atoms with Crippen LogP contribution in [0.2, 0.25) is 5.02 Å². The molecule has 0 amide bonds. The summed E-state index contributed by atoms with van der Waals surface area (Å²) < 4.78 is 32.4. The Morgan fingerprint density at radius 3 is 2.30 bits per heavy atom. The second-order valence-electron chi connectivity index (χ2n) is 5.40. The molecule has 0 atom stereocenters. The highest BCUT2D eigenvalue weighted by Gasteiger charge is 2.21. The molecule has 2 N–H and O–H groups in total. The van der Waals surface area contributed by atoms with Crippen LogP contribution in [0.1, 0.15) is 12.8 Å². The van der Waals surface area contributed by atoms with Gasteiger partial charge in [-0.25, -0.2) is 8.42 Å². The fourth-order valence-corrected chi connectivity index (χ4v) is 3.53. The van der Waals surface area contributed by atoms with Crippen LogP contribution in [0.4, 0.5) is 11.4 Å². The maximum Gasteiger partial charge on any atom is 0.261 e. The van der Waals surface area contributed by atoms with E-state index in [9.17, 15) is 8.42 Å². The monoisotopic (exact) mass is 352 g/mol. The van der Waals surface area contributed by atoms with Crippen LogP contribution in [0, 0.1) is 0 Å². The summed E-state index contributed by atoms with van der Waals surface area (Å²) in [6, 6.07) is 12.1. The predicted octanol–water partition coefficient (Wildman–Crippen LogP) is 3.72. The van der Waals surface area contributed by atoms with E-state index in [0.29, 0.717) is 17.5 Å². The second-order valence-corrected chi connectivity index (χ2v) is 7.49. The molecule has 1 aliphatic rings. The molecule has 0 heterocycles. The molecule has 0 aromatic heterocycles. The van der Waals surface area contributed by atoms with Crippen molar-refractivity contribution in [1.29, 1.82) is 0 Å². The summed E-state index contributed by atoms with van der Waals surface area (Å²) in [6.07, 6.45) is 2.37. The van der Waals surface area contributed by atoms with Gasteiger partial charge < -0.3 is 10.1 Å². The van der Waals surface area contributed by atoms with Crippen LogP contribution in [0.25, 0.3) is 0 Å². The van der Waals surface area contributed by atoms with E-state index in [1.807, 2.05) is 12.1 Å². The number of nitrogens with one attached hydrogen (secondary N) is 2. The van der Waals surface area contributed by atoms with E-state index >= 15 is 0 Å². The normalized spacial score (nSPS) is 14.3. The summed E-state index contributed by atoms with van der Waals surface area (Å²) >= 11 is 5.99. The third-order valence-electron chi connectivity index (χ3n) is 3.52. The number of halogens is 1. The van der Waals surface area contributed by atoms with Crippen molar-refractivity contribution < 1.29 is 13.2 Å². The van der Waals surface area contributed by atoms with Crippen molar-refractivity contribution >= 4 is 33.0 Å². The summed E-state index contributed by atoms with van der Waals surface area (Å²) in [5.41, 5.74) is 1.49. The molecule has 3 rings (SSSR count). The van der Waals surface area contributed by atoms with E-state index < -0.39 is 10.0 Å². The molecule has 0 unspecified atom stereocenters. The molecule has 0 saturated heterocycles. The molecule has 0 bridgehead atoms. The molecule has 23 heavy (non-hydrogen) atoms. The summed E-state index contributed by atoms with van der Waals surface area (Å²) in [6.45, 7) is 0. The van der Waals surface area contributed by atoms with E-state index in [0.717, 1.165) is 5.69 Å². The molecule has 7 heteroatoms. The molecule has 122 valence electrons. The number of anilines is 2. The Morgan fingerprint density at radius 1 is 1.09 bits per heavy atom. The third-order valence-corrected chi connectivity index (χ3v) is 5.19. The Hall–Kier alpha value is -1.92. The zero-order valence-corrected chi connectivity index (χ0v) is 14.1. The lowest BCUT2D eigenvalue weighted by molar-refractivity contribution is 0.414. The van der Waals surface area contributed by atoms with Gasteiger partial charge in [0.25, 0.3) is 10.0 Å². The van der Waals surface area contributed by atoms with Gasteiger partial charge in [0, 0.05) is 17.4 Å². The number of rotatable bonds is 6. The quantitative estimate of drug-likeness (QED) is 0.831. The van der Waals surface area contributed by atoms with Crippen LogP contribution >= 0.6 is 11.6 Å². The van der Waals surface area contributed by atoms with Gasteiger partial charge in [-0.05, 0) is 55.3 Å². The van der Waals surface area contributed by atoms with E-state index in [2.05, 4.69) is 10.0 Å². The van der Waals surface area contributed by atoms with Crippen molar-refractivity contribution in [3.05, 3.63) is 47.5 Å². The van der Waals surface area contributed by atoms with Gasteiger partial charge in [0.1, 0.15) is 5.75 Å². The highest BCUT2D eigenvalue weighted by atomic mass is 35.5. The Morgan fingerprint density at radius 2 is 1.74 bits per heavy atom. The first-order valence-corrected chi connectivity index (χ1v) is 9.07. The van der Waals surface area contributed by atoms with Crippen LogP contribution in [-0.4, -0.2) is 21.6 Å². The zero-order valence-electron chi connectivity index (χ0n) is 12.5. The predicted molar refractivity (Wildman–Crippen MR) is 91.9 cm³/mol. The molecule has 0 spiro atoms. The average molecular weight is 353 g/mol. The minimum Gasteiger partial charge on any atom is -0.495 e. The van der Waals surface area contributed by atoms with Crippen LogP contribution in [0.5, 0.6) is 5.75 Å². The van der Waals surface area contributed by atoms with Gasteiger partial charge in [-0.2, -0.15) is 0 Å². The molecule has 0 aliphatic heterocycles. The molecule has 2 aromatic carbocycles. The fraction of sp³-hybridized carbons (Fsp3) is 0.250. The van der Waals surface area contributed by atoms with Crippen LogP contribution in [0.3, 0.4) is 0 Å². The van der Waals surface area contributed by atoms with Crippen LogP contribution < -0.4 is 14.8 Å². The Labute approximate surface area is 140 Å². The third kappa shape index (κ3) is 3.89. The van der Waals surface area contributed by atoms with Crippen molar-refractivity contribution in [3.8, 4) is 5.75 Å². The molecule has 5 nitrogen and oxygen atoms in total. The van der Waals surface area contributed by atoms with Crippen molar-refractivity contribution in [1.82, 2.24) is 0 Å². The molecule has 1 fully saturated rings. The summed E-state index contributed by atoms with van der Waals surface area (Å²) in [4.78, 5) is 0.0866. The minimum atomic E-state index is -3.69. The Balaban J connectivity index is 1.75. The molecular formula is C16H17ClN2O3S. The second kappa shape index (κ2) is 6.29. The number of methoxy groups -OCH3 is 1. The highest BCUT2D eigenvalue weighted by molar-refractivity contribution is 7.92. The molecule has 1 saturated carbocycles. The van der Waals surface area contributed by atoms with Crippen molar-refractivity contribution in [3.63, 3.8) is 0 Å². The van der Waals surface area contributed by atoms with Gasteiger partial charge in [-0.1, -0.05) is 11.6 Å². The van der Waals surface area contributed by atoms with E-state index in [4.69, 9.17) is 16.3 Å². The first kappa shape index (κ1) is 16.0. The van der Waals surface area contributed by atoms with E-state index in [1.165, 1.54) is 38.2 Å². The van der Waals surface area contributed by atoms with Crippen LogP contribution in [-0.2, 0) is 10.0 Å². The van der Waals surface area contributed by atoms with Gasteiger partial charge in [0.15, 0.2) is 0 Å². The van der Waals surface area contributed by atoms with Crippen molar-refractivity contribution in [2.45, 2.75) is 23.8 Å². The summed E-state index contributed by atoms with van der Waals surface area (Å²) in [7, 11) is -2.22. The number of ether oxygens (including phenoxy) is 1. The SMILES string of the molecule is COc1ccc(S(=O)(=O)Nc2ccc(NC3CC3)cc2)cc1Cl. The van der Waals surface area contributed by atoms with Crippen molar-refractivity contribution in [2.24, 2.45) is 0 Å². The number of hydrogen-bond donors (Lipinski definition) is 2. The lowest BCUT2D eigenvalue weighted by Crippen LogP contribution is -2.13. The lowest BCUT2D eigenvalue weighted by atomic mass is 10.3. The first-order chi connectivity index (χ1) is 11.0. The average Bonchev–Trinajstić information content (AvgIpc) is 3.33. The maximum absolute atomic E-state index is 12.4. The smallest absolute Gasteiger partial charge is 0.261 e. The first-order valence-electron chi connectivity index (χ1n) is 7.21. The Bertz CT molecular complexity index is 803. The summed E-state index contributed by atoms with van der Waals surface area (Å²) in [5.74, 6) is 0.432. The molecule has 0 radical (unpaired) electrons. The molecule has 1 aliphatic carbocycles. The van der Waals surface area contributed by atoms with Gasteiger partial charge in [-0.3, -0.25) is 4.72 Å². The maximum atomic E-state index is 12.4.